The molecule has 1 fully saturated rings. The van der Waals surface area contributed by atoms with Crippen molar-refractivity contribution in [3.63, 3.8) is 0 Å². The first-order chi connectivity index (χ1) is 15.3. The first kappa shape index (κ1) is 23.6. The van der Waals surface area contributed by atoms with Crippen molar-refractivity contribution in [3.05, 3.63) is 59.9 Å². The van der Waals surface area contributed by atoms with E-state index in [9.17, 15) is 22.4 Å². The van der Waals surface area contributed by atoms with Gasteiger partial charge in [-0.25, -0.2) is 12.8 Å². The molecule has 2 N–H and O–H groups in total. The van der Waals surface area contributed by atoms with E-state index in [1.165, 1.54) is 12.1 Å². The van der Waals surface area contributed by atoms with Gasteiger partial charge in [0.1, 0.15) is 17.8 Å². The van der Waals surface area contributed by atoms with Crippen LogP contribution in [0.5, 0.6) is 5.75 Å². The van der Waals surface area contributed by atoms with Gasteiger partial charge in [-0.15, -0.1) is 0 Å². The summed E-state index contributed by atoms with van der Waals surface area (Å²) in [5.74, 6) is -1.65. The Morgan fingerprint density at radius 2 is 1.75 bits per heavy atom. The van der Waals surface area contributed by atoms with Crippen molar-refractivity contribution in [1.82, 2.24) is 14.9 Å². The molecule has 172 valence electrons. The Bertz CT molecular complexity index is 1040. The standard InChI is InChI=1S/C21H24FN3O6S/c1-30-17-7-3-15(4-8-17)13-23-20(26)21(27)24-14-19-25(11-2-12-31-19)32(28,29)18-9-5-16(22)6-10-18/h3-10,19H,2,11-14H2,1H3,(H,23,26)(H,24,27). The van der Waals surface area contributed by atoms with Crippen molar-refractivity contribution in [3.8, 4) is 5.75 Å². The van der Waals surface area contributed by atoms with Crippen molar-refractivity contribution < 1.29 is 31.9 Å². The highest BCUT2D eigenvalue weighted by molar-refractivity contribution is 7.89. The van der Waals surface area contributed by atoms with Gasteiger partial charge < -0.3 is 20.1 Å². The zero-order valence-electron chi connectivity index (χ0n) is 17.4. The summed E-state index contributed by atoms with van der Waals surface area (Å²) in [6.45, 7) is 0.403. The van der Waals surface area contributed by atoms with Gasteiger partial charge in [0.15, 0.2) is 0 Å². The summed E-state index contributed by atoms with van der Waals surface area (Å²) < 4.78 is 50.7. The van der Waals surface area contributed by atoms with Crippen molar-refractivity contribution in [2.75, 3.05) is 26.8 Å². The van der Waals surface area contributed by atoms with E-state index in [1.807, 2.05) is 0 Å². The van der Waals surface area contributed by atoms with E-state index in [0.29, 0.717) is 18.8 Å². The average Bonchev–Trinajstić information content (AvgIpc) is 2.81. The summed E-state index contributed by atoms with van der Waals surface area (Å²) in [5, 5.41) is 4.90. The van der Waals surface area contributed by atoms with Gasteiger partial charge in [0.2, 0.25) is 10.0 Å². The van der Waals surface area contributed by atoms with Crippen LogP contribution >= 0.6 is 0 Å². The molecule has 2 amide bonds. The Morgan fingerprint density at radius 1 is 1.09 bits per heavy atom. The minimum Gasteiger partial charge on any atom is -0.497 e. The smallest absolute Gasteiger partial charge is 0.309 e. The predicted octanol–water partition coefficient (Wildman–Crippen LogP) is 1.00. The number of benzene rings is 2. The van der Waals surface area contributed by atoms with Gasteiger partial charge in [0, 0.05) is 13.1 Å². The highest BCUT2D eigenvalue weighted by atomic mass is 32.2. The molecule has 32 heavy (non-hydrogen) atoms. The number of amides is 2. The molecule has 1 unspecified atom stereocenters. The summed E-state index contributed by atoms with van der Waals surface area (Å²) in [4.78, 5) is 24.2. The number of carbonyl (C=O) groups is 2. The van der Waals surface area contributed by atoms with Gasteiger partial charge in [-0.1, -0.05) is 12.1 Å². The Balaban J connectivity index is 1.56. The van der Waals surface area contributed by atoms with E-state index in [0.717, 1.165) is 22.0 Å². The second-order valence-electron chi connectivity index (χ2n) is 6.99. The molecule has 3 rings (SSSR count). The fourth-order valence-electron chi connectivity index (χ4n) is 3.11. The molecule has 1 aliphatic heterocycles. The van der Waals surface area contributed by atoms with E-state index in [-0.39, 0.29) is 24.5 Å². The van der Waals surface area contributed by atoms with E-state index in [1.54, 1.807) is 31.4 Å². The SMILES string of the molecule is COc1ccc(CNC(=O)C(=O)NCC2OCCCN2S(=O)(=O)c2ccc(F)cc2)cc1. The van der Waals surface area contributed by atoms with Crippen LogP contribution in [0, 0.1) is 5.82 Å². The van der Waals surface area contributed by atoms with Crippen LogP contribution in [0.3, 0.4) is 0 Å². The number of nitrogens with one attached hydrogen (secondary N) is 2. The fraction of sp³-hybridized carbons (Fsp3) is 0.333. The van der Waals surface area contributed by atoms with Crippen molar-refractivity contribution >= 4 is 21.8 Å². The van der Waals surface area contributed by atoms with Crippen molar-refractivity contribution in [2.24, 2.45) is 0 Å². The molecule has 2 aromatic rings. The van der Waals surface area contributed by atoms with Crippen LogP contribution in [0.4, 0.5) is 4.39 Å². The van der Waals surface area contributed by atoms with Crippen LogP contribution in [0.2, 0.25) is 0 Å². The summed E-state index contributed by atoms with van der Waals surface area (Å²) in [5.41, 5.74) is 0.777. The molecule has 0 spiro atoms. The van der Waals surface area contributed by atoms with Crippen LogP contribution in [-0.2, 0) is 30.9 Å². The third kappa shape index (κ3) is 5.81. The minimum absolute atomic E-state index is 0.0852. The van der Waals surface area contributed by atoms with E-state index in [2.05, 4.69) is 10.6 Å². The molecule has 1 saturated heterocycles. The van der Waals surface area contributed by atoms with Crippen LogP contribution in [0.25, 0.3) is 0 Å². The van der Waals surface area contributed by atoms with Crippen LogP contribution in [-0.4, -0.2) is 57.6 Å². The van der Waals surface area contributed by atoms with E-state index in [4.69, 9.17) is 9.47 Å². The molecule has 0 saturated carbocycles. The maximum Gasteiger partial charge on any atom is 0.309 e. The van der Waals surface area contributed by atoms with Gasteiger partial charge >= 0.3 is 11.8 Å². The highest BCUT2D eigenvalue weighted by Crippen LogP contribution is 2.22. The molecule has 11 heteroatoms. The van der Waals surface area contributed by atoms with E-state index >= 15 is 0 Å². The number of ether oxygens (including phenoxy) is 2. The normalized spacial score (nSPS) is 16.9. The minimum atomic E-state index is -3.97. The maximum atomic E-state index is 13.2. The molecule has 2 aromatic carbocycles. The maximum absolute atomic E-state index is 13.2. The van der Waals surface area contributed by atoms with E-state index < -0.39 is 33.9 Å². The topological polar surface area (TPSA) is 114 Å². The number of rotatable bonds is 7. The number of hydrogen-bond donors (Lipinski definition) is 2. The number of hydrogen-bond acceptors (Lipinski definition) is 6. The van der Waals surface area contributed by atoms with Gasteiger partial charge in [0.25, 0.3) is 0 Å². The van der Waals surface area contributed by atoms with Crippen LogP contribution in [0.1, 0.15) is 12.0 Å². The quantitative estimate of drug-likeness (QED) is 0.590. The Labute approximate surface area is 185 Å². The number of sulfonamides is 1. The van der Waals surface area contributed by atoms with Gasteiger partial charge in [-0.05, 0) is 48.4 Å². The molecule has 0 aliphatic carbocycles. The lowest BCUT2D eigenvalue weighted by Crippen LogP contribution is -2.53. The predicted molar refractivity (Wildman–Crippen MR) is 112 cm³/mol. The highest BCUT2D eigenvalue weighted by Gasteiger charge is 2.35. The monoisotopic (exact) mass is 465 g/mol. The Kier molecular flexibility index (Phi) is 7.78. The van der Waals surface area contributed by atoms with Crippen molar-refractivity contribution in [1.29, 1.82) is 0 Å². The third-order valence-corrected chi connectivity index (χ3v) is 6.73. The molecule has 0 aromatic heterocycles. The van der Waals surface area contributed by atoms with Crippen LogP contribution in [0.15, 0.2) is 53.4 Å². The summed E-state index contributed by atoms with van der Waals surface area (Å²) in [6, 6.07) is 11.4. The average molecular weight is 466 g/mol. The second-order valence-corrected chi connectivity index (χ2v) is 8.88. The zero-order chi connectivity index (χ0) is 23.1. The number of carbonyl (C=O) groups excluding carboxylic acids is 2. The lowest BCUT2D eigenvalue weighted by Gasteiger charge is -2.34. The number of methoxy groups -OCH3 is 1. The number of nitrogens with zero attached hydrogens (tertiary/aromatic N) is 1. The molecular formula is C21H24FN3O6S. The summed E-state index contributed by atoms with van der Waals surface area (Å²) in [6.07, 6.45) is -0.523. The number of halogens is 1. The first-order valence-electron chi connectivity index (χ1n) is 9.89. The van der Waals surface area contributed by atoms with Gasteiger partial charge in [-0.2, -0.15) is 4.31 Å². The summed E-state index contributed by atoms with van der Waals surface area (Å²) in [7, 11) is -2.42. The molecule has 9 nitrogen and oxygen atoms in total. The Hall–Kier alpha value is -3.02. The fourth-order valence-corrected chi connectivity index (χ4v) is 4.68. The van der Waals surface area contributed by atoms with Crippen molar-refractivity contribution in [2.45, 2.75) is 24.1 Å². The lowest BCUT2D eigenvalue weighted by atomic mass is 10.2. The third-order valence-electron chi connectivity index (χ3n) is 4.83. The zero-order valence-corrected chi connectivity index (χ0v) is 18.2. The molecule has 1 atom stereocenters. The molecular weight excluding hydrogens is 441 g/mol. The van der Waals surface area contributed by atoms with Crippen LogP contribution < -0.4 is 15.4 Å². The Morgan fingerprint density at radius 3 is 2.41 bits per heavy atom. The molecule has 0 bridgehead atoms. The summed E-state index contributed by atoms with van der Waals surface area (Å²) >= 11 is 0. The largest absolute Gasteiger partial charge is 0.497 e. The molecule has 1 aliphatic rings. The first-order valence-corrected chi connectivity index (χ1v) is 11.3. The van der Waals surface area contributed by atoms with Gasteiger partial charge in [0.05, 0.1) is 25.2 Å². The van der Waals surface area contributed by atoms with Gasteiger partial charge in [-0.3, -0.25) is 9.59 Å². The second kappa shape index (κ2) is 10.5. The molecule has 1 heterocycles. The molecule has 0 radical (unpaired) electrons. The lowest BCUT2D eigenvalue weighted by molar-refractivity contribution is -0.140.